The normalized spacial score (nSPS) is 14.5. The zero-order valence-electron chi connectivity index (χ0n) is 12.7. The first-order valence-electron chi connectivity index (χ1n) is 7.69. The zero-order valence-corrected chi connectivity index (χ0v) is 13.6. The number of fused-ring (bicyclic) bond motifs is 2. The van der Waals surface area contributed by atoms with Crippen LogP contribution in [0.4, 0.5) is 5.13 Å². The van der Waals surface area contributed by atoms with Gasteiger partial charge >= 0.3 is 0 Å². The molecule has 0 saturated carbocycles. The molecule has 23 heavy (non-hydrogen) atoms. The lowest BCUT2D eigenvalue weighted by Gasteiger charge is -1.97. The number of nitrogens with one attached hydrogen (secondary N) is 1. The van der Waals surface area contributed by atoms with E-state index in [4.69, 9.17) is 0 Å². The van der Waals surface area contributed by atoms with Crippen LogP contribution in [-0.4, -0.2) is 30.5 Å². The van der Waals surface area contributed by atoms with E-state index >= 15 is 0 Å². The quantitative estimate of drug-likeness (QED) is 0.730. The maximum absolute atomic E-state index is 12.4. The number of anilines is 1. The van der Waals surface area contributed by atoms with Gasteiger partial charge in [0.15, 0.2) is 5.13 Å². The Labute approximate surface area is 136 Å². The number of nitrogens with zero attached hydrogens (tertiary/aromatic N) is 5. The highest BCUT2D eigenvalue weighted by molar-refractivity contribution is 7.15. The summed E-state index contributed by atoms with van der Waals surface area (Å²) < 4.78 is 1.56. The van der Waals surface area contributed by atoms with Crippen molar-refractivity contribution in [3.05, 3.63) is 34.4 Å². The minimum Gasteiger partial charge on any atom is -0.295 e. The maximum Gasteiger partial charge on any atom is 0.297 e. The average molecular weight is 328 g/mol. The van der Waals surface area contributed by atoms with Crippen LogP contribution in [0.1, 0.15) is 46.1 Å². The third-order valence-electron chi connectivity index (χ3n) is 3.95. The molecule has 0 radical (unpaired) electrons. The van der Waals surface area contributed by atoms with Crippen LogP contribution in [0, 0.1) is 6.92 Å². The molecule has 0 bridgehead atoms. The van der Waals surface area contributed by atoms with E-state index in [1.807, 2.05) is 13.0 Å². The molecule has 1 N–H and O–H groups in total. The summed E-state index contributed by atoms with van der Waals surface area (Å²) in [5, 5.41) is 7.66. The predicted octanol–water partition coefficient (Wildman–Crippen LogP) is 2.41. The van der Waals surface area contributed by atoms with Crippen LogP contribution in [0.15, 0.2) is 12.3 Å². The van der Waals surface area contributed by atoms with E-state index in [0.717, 1.165) is 24.2 Å². The van der Waals surface area contributed by atoms with Crippen molar-refractivity contribution in [2.75, 3.05) is 5.32 Å². The lowest BCUT2D eigenvalue weighted by atomic mass is 10.2. The summed E-state index contributed by atoms with van der Waals surface area (Å²) in [6.45, 7) is 1.89. The Morgan fingerprint density at radius 1 is 1.26 bits per heavy atom. The van der Waals surface area contributed by atoms with Crippen LogP contribution in [-0.2, 0) is 12.8 Å². The third-order valence-corrected chi connectivity index (χ3v) is 5.02. The maximum atomic E-state index is 12.4. The Hall–Kier alpha value is -2.35. The van der Waals surface area contributed by atoms with Gasteiger partial charge in [-0.25, -0.2) is 14.5 Å². The first kappa shape index (κ1) is 14.3. The number of aromatic nitrogens is 5. The minimum absolute atomic E-state index is 0.109. The van der Waals surface area contributed by atoms with Gasteiger partial charge in [-0.15, -0.1) is 16.4 Å². The van der Waals surface area contributed by atoms with E-state index in [-0.39, 0.29) is 11.7 Å². The largest absolute Gasteiger partial charge is 0.297 e. The topological polar surface area (TPSA) is 85.1 Å². The van der Waals surface area contributed by atoms with Crippen molar-refractivity contribution in [2.45, 2.75) is 39.0 Å². The van der Waals surface area contributed by atoms with Crippen molar-refractivity contribution in [1.82, 2.24) is 24.6 Å². The Bertz CT molecular complexity index is 860. The van der Waals surface area contributed by atoms with Crippen molar-refractivity contribution in [2.24, 2.45) is 0 Å². The summed E-state index contributed by atoms with van der Waals surface area (Å²) in [6, 6.07) is 1.82. The van der Waals surface area contributed by atoms with Gasteiger partial charge in [0, 0.05) is 16.8 Å². The summed E-state index contributed by atoms with van der Waals surface area (Å²) in [7, 11) is 0. The molecule has 4 rings (SSSR count). The first-order chi connectivity index (χ1) is 11.2. The Balaban J connectivity index is 1.58. The van der Waals surface area contributed by atoms with Gasteiger partial charge in [0.05, 0.1) is 5.69 Å². The van der Waals surface area contributed by atoms with Gasteiger partial charge in [0.25, 0.3) is 11.7 Å². The SMILES string of the molecule is Cc1ccnc2nc(C(=O)Nc3nc4c(s3)CCCCC4)nn12. The Kier molecular flexibility index (Phi) is 3.53. The van der Waals surface area contributed by atoms with Crippen LogP contribution >= 0.6 is 11.3 Å². The second-order valence-electron chi connectivity index (χ2n) is 5.64. The molecule has 1 aliphatic rings. The van der Waals surface area contributed by atoms with E-state index in [0.29, 0.717) is 10.9 Å². The molecule has 0 fully saturated rings. The molecule has 118 valence electrons. The molecule has 1 amide bonds. The smallest absolute Gasteiger partial charge is 0.295 e. The van der Waals surface area contributed by atoms with Gasteiger partial charge in [0.2, 0.25) is 5.82 Å². The van der Waals surface area contributed by atoms with Gasteiger partial charge in [-0.3, -0.25) is 10.1 Å². The van der Waals surface area contributed by atoms with E-state index in [1.165, 1.54) is 24.1 Å². The molecule has 0 unspecified atom stereocenters. The molecule has 0 saturated heterocycles. The number of hydrogen-bond acceptors (Lipinski definition) is 6. The Morgan fingerprint density at radius 2 is 2.13 bits per heavy atom. The fourth-order valence-corrected chi connectivity index (χ4v) is 3.78. The first-order valence-corrected chi connectivity index (χ1v) is 8.51. The predicted molar refractivity (Wildman–Crippen MR) is 86.8 cm³/mol. The van der Waals surface area contributed by atoms with Gasteiger partial charge in [-0.2, -0.15) is 4.98 Å². The molecule has 0 aromatic carbocycles. The van der Waals surface area contributed by atoms with Crippen LogP contribution in [0.25, 0.3) is 5.78 Å². The molecule has 3 aromatic heterocycles. The molecule has 3 aromatic rings. The van der Waals surface area contributed by atoms with Gasteiger partial charge in [-0.05, 0) is 38.7 Å². The minimum atomic E-state index is -0.348. The van der Waals surface area contributed by atoms with Crippen LogP contribution in [0.5, 0.6) is 0 Å². The summed E-state index contributed by atoms with van der Waals surface area (Å²) in [5.74, 6) is 0.182. The van der Waals surface area contributed by atoms with Crippen LogP contribution in [0.3, 0.4) is 0 Å². The molecule has 8 heteroatoms. The molecular weight excluding hydrogens is 312 g/mol. The number of rotatable bonds is 2. The third kappa shape index (κ3) is 2.70. The standard InChI is InChI=1S/C15H16N6OS/c1-9-7-8-16-14-18-12(20-21(9)14)13(22)19-15-17-10-5-3-2-4-6-11(10)23-15/h7-8H,2-6H2,1H3,(H,17,19,22). The second-order valence-corrected chi connectivity index (χ2v) is 6.72. The van der Waals surface area contributed by atoms with Crippen molar-refractivity contribution in [3.63, 3.8) is 0 Å². The van der Waals surface area contributed by atoms with E-state index in [2.05, 4.69) is 25.4 Å². The molecule has 7 nitrogen and oxygen atoms in total. The van der Waals surface area contributed by atoms with Crippen LogP contribution < -0.4 is 5.32 Å². The number of thiazole rings is 1. The van der Waals surface area contributed by atoms with Gasteiger partial charge in [0.1, 0.15) is 0 Å². The van der Waals surface area contributed by atoms with E-state index in [9.17, 15) is 4.79 Å². The summed E-state index contributed by atoms with van der Waals surface area (Å²) in [5.41, 5.74) is 2.01. The number of amides is 1. The molecule has 0 spiro atoms. The van der Waals surface area contributed by atoms with Crippen molar-refractivity contribution in [3.8, 4) is 0 Å². The molecule has 1 aliphatic carbocycles. The second kappa shape index (κ2) is 5.69. The molecular formula is C15H16N6OS. The number of carbonyl (C=O) groups excluding carboxylic acids is 1. The summed E-state index contributed by atoms with van der Waals surface area (Å²) in [4.78, 5) is 26.5. The van der Waals surface area contributed by atoms with Crippen molar-refractivity contribution < 1.29 is 4.79 Å². The summed E-state index contributed by atoms with van der Waals surface area (Å²) in [6.07, 6.45) is 7.32. The molecule has 0 aliphatic heterocycles. The average Bonchev–Trinajstić information content (AvgIpc) is 3.07. The molecule has 0 atom stereocenters. The zero-order chi connectivity index (χ0) is 15.8. The Morgan fingerprint density at radius 3 is 3.00 bits per heavy atom. The van der Waals surface area contributed by atoms with Gasteiger partial charge < -0.3 is 0 Å². The number of carbonyl (C=O) groups is 1. The highest BCUT2D eigenvalue weighted by Crippen LogP contribution is 2.29. The number of hydrogen-bond donors (Lipinski definition) is 1. The number of aryl methyl sites for hydroxylation is 3. The van der Waals surface area contributed by atoms with E-state index in [1.54, 1.807) is 22.0 Å². The fraction of sp³-hybridized carbons (Fsp3) is 0.400. The van der Waals surface area contributed by atoms with Crippen molar-refractivity contribution >= 4 is 28.2 Å². The summed E-state index contributed by atoms with van der Waals surface area (Å²) >= 11 is 1.56. The fourth-order valence-electron chi connectivity index (χ4n) is 2.74. The van der Waals surface area contributed by atoms with Crippen molar-refractivity contribution in [1.29, 1.82) is 0 Å². The highest BCUT2D eigenvalue weighted by Gasteiger charge is 2.19. The monoisotopic (exact) mass is 328 g/mol. The lowest BCUT2D eigenvalue weighted by molar-refractivity contribution is 0.101. The van der Waals surface area contributed by atoms with Gasteiger partial charge in [-0.1, -0.05) is 6.42 Å². The van der Waals surface area contributed by atoms with Crippen LogP contribution in [0.2, 0.25) is 0 Å². The molecule has 3 heterocycles. The van der Waals surface area contributed by atoms with E-state index < -0.39 is 0 Å². The lowest BCUT2D eigenvalue weighted by Crippen LogP contribution is -2.14. The highest BCUT2D eigenvalue weighted by atomic mass is 32.1.